The van der Waals surface area contributed by atoms with E-state index in [2.05, 4.69) is 20.6 Å². The van der Waals surface area contributed by atoms with Crippen LogP contribution in [0.3, 0.4) is 0 Å². The van der Waals surface area contributed by atoms with Crippen molar-refractivity contribution >= 4 is 0 Å². The van der Waals surface area contributed by atoms with Crippen LogP contribution in [0.4, 0.5) is 0 Å². The molecule has 0 aromatic rings. The summed E-state index contributed by atoms with van der Waals surface area (Å²) in [6.45, 7) is -2.49. The van der Waals surface area contributed by atoms with Crippen molar-refractivity contribution in [2.75, 3.05) is 6.58 Å². The van der Waals surface area contributed by atoms with Crippen LogP contribution in [0, 0.1) is 12.5 Å². The van der Waals surface area contributed by atoms with Crippen LogP contribution < -0.4 is 0 Å². The number of ether oxygens (including phenoxy) is 3. The van der Waals surface area contributed by atoms with Gasteiger partial charge < -0.3 is 50.0 Å². The quantitative estimate of drug-likeness (QED) is 0.251. The molecule has 0 radical (unpaired) electrons. The van der Waals surface area contributed by atoms with Crippen molar-refractivity contribution in [2.45, 2.75) is 68.4 Å². The Kier molecular flexibility index (Phi) is 3.59. The van der Waals surface area contributed by atoms with E-state index in [0.29, 0.717) is 6.92 Å². The van der Waals surface area contributed by atoms with Gasteiger partial charge in [0.15, 0.2) is 12.5 Å². The van der Waals surface area contributed by atoms with Gasteiger partial charge >= 0.3 is 0 Å². The summed E-state index contributed by atoms with van der Waals surface area (Å²) in [6.07, 6.45) is -36.4. The lowest BCUT2D eigenvalue weighted by atomic mass is 9.97. The minimum Gasteiger partial charge on any atom is -0.462 e. The minimum atomic E-state index is -4.51. The number of aliphatic hydroxyl groups is 7. The highest BCUT2D eigenvalue weighted by atomic mass is 16.8. The van der Waals surface area contributed by atoms with Crippen molar-refractivity contribution in [3.8, 4) is 12.5 Å². The van der Waals surface area contributed by atoms with E-state index in [9.17, 15) is 30.6 Å². The fourth-order valence-corrected chi connectivity index (χ4v) is 1.34. The van der Waals surface area contributed by atoms with Gasteiger partial charge in [-0.1, -0.05) is 13.3 Å². The van der Waals surface area contributed by atoms with Gasteiger partial charge in [-0.15, -0.1) is 0 Å². The maximum absolute atomic E-state index is 10.4. The highest BCUT2D eigenvalue weighted by molar-refractivity contribution is 4.90. The second kappa shape index (κ2) is 9.47. The largest absolute Gasteiger partial charge is 0.462 e. The molecule has 2 heterocycles. The normalized spacial score (nSPS) is 84.2. The van der Waals surface area contributed by atoms with E-state index in [1.807, 2.05) is 0 Å². The van der Waals surface area contributed by atoms with Crippen molar-refractivity contribution in [3.63, 3.8) is 0 Å². The third-order valence-electron chi connectivity index (χ3n) is 2.40. The molecule has 7 N–H and O–H groups in total. The van der Waals surface area contributed by atoms with E-state index in [1.54, 1.807) is 0 Å². The lowest BCUT2D eigenvalue weighted by Crippen LogP contribution is -2.61. The first kappa shape index (κ1) is 9.09. The summed E-state index contributed by atoms with van der Waals surface area (Å²) in [7, 11) is 0. The van der Waals surface area contributed by atoms with Crippen LogP contribution in [0.15, 0.2) is 0 Å². The summed E-state index contributed by atoms with van der Waals surface area (Å²) < 4.78 is 106. The zero-order valence-corrected chi connectivity index (χ0v) is 12.0. The standard InChI is InChI=1S/C12H22O9.C2H2O/c1-2-5-7(15)8(16)10(18)12(20-5)21-11-9(17)6(14)4(13)3-19-11;1-2-3/h4-18H,2-3H2,1H3;1,3H/t4-,5?,6+,7-,8?,9?,10?,11-,12-;/m1./s1/i2D2,3D,4D,5D,6D,7D,8D,9D,10D,11D,12D;/t3?,4-,5?,6+,7-,8?,9?,10?,11-,12-;. The predicted octanol–water partition coefficient (Wildman–Crippen LogP) is -3.39. The molecule has 24 heavy (non-hydrogen) atoms. The van der Waals surface area contributed by atoms with Crippen LogP contribution in [0.1, 0.15) is 29.7 Å². The molecule has 10 nitrogen and oxygen atoms in total. The molecule has 10 heteroatoms. The number of terminal acetylenes is 1. The second-order valence-corrected chi connectivity index (χ2v) is 3.85. The van der Waals surface area contributed by atoms with Gasteiger partial charge in [-0.3, -0.25) is 0 Å². The summed E-state index contributed by atoms with van der Waals surface area (Å²) in [4.78, 5) is 0. The van der Waals surface area contributed by atoms with Crippen LogP contribution in [0.25, 0.3) is 0 Å². The van der Waals surface area contributed by atoms with Crippen LogP contribution in [-0.4, -0.2) is 97.4 Å². The summed E-state index contributed by atoms with van der Waals surface area (Å²) in [5, 5.41) is 68.0. The van der Waals surface area contributed by atoms with Crippen molar-refractivity contribution in [1.82, 2.24) is 0 Å². The van der Waals surface area contributed by atoms with Crippen molar-refractivity contribution in [2.24, 2.45) is 0 Å². The monoisotopic (exact) mass is 364 g/mol. The molecular weight excluding hydrogens is 328 g/mol. The average Bonchev–Trinajstić information content (AvgIpc) is 2.64. The van der Waals surface area contributed by atoms with E-state index in [4.69, 9.17) is 21.6 Å². The Morgan fingerprint density at radius 1 is 1.12 bits per heavy atom. The Hall–Kier alpha value is -1.00. The van der Waals surface area contributed by atoms with Gasteiger partial charge in [0.1, 0.15) is 42.6 Å². The second-order valence-electron chi connectivity index (χ2n) is 3.85. The zero-order chi connectivity index (χ0) is 29.4. The first-order chi connectivity index (χ1) is 15.5. The Morgan fingerprint density at radius 2 is 1.67 bits per heavy atom. The minimum absolute atomic E-state index is 0.446. The molecule has 0 aromatic carbocycles. The molecule has 0 aliphatic carbocycles. The van der Waals surface area contributed by atoms with Crippen molar-refractivity contribution < 1.29 is 66.4 Å². The lowest BCUT2D eigenvalue weighted by Gasteiger charge is -2.43. The van der Waals surface area contributed by atoms with Gasteiger partial charge in [0.05, 0.1) is 26.4 Å². The van der Waals surface area contributed by atoms with Gasteiger partial charge in [-0.05, 0) is 6.37 Å². The summed E-state index contributed by atoms with van der Waals surface area (Å²) in [6, 6.07) is 0. The number of rotatable bonds is 3. The van der Waals surface area contributed by atoms with E-state index < -0.39 is 68.0 Å². The SMILES string of the molecule is C#CO.[2H]C1O[C@]([2H])(O[C@@]2([2H])OC([2H])(C([2H])([2H])C)[C@@]([2H])(O)C([2H])(O)C2([2H])O)C([2H])(O)[C@@]([2H])(O)[C@]1([2H])O. The fraction of sp³-hybridized carbons (Fsp3) is 0.857. The van der Waals surface area contributed by atoms with Gasteiger partial charge in [0.2, 0.25) is 0 Å². The first-order valence-electron chi connectivity index (χ1n) is 12.0. The molecule has 5 unspecified atom stereocenters. The predicted molar refractivity (Wildman–Crippen MR) is 76.6 cm³/mol. The Morgan fingerprint density at radius 3 is 2.21 bits per heavy atom. The summed E-state index contributed by atoms with van der Waals surface area (Å²) in [5.41, 5.74) is 0. The molecule has 2 rings (SSSR count). The van der Waals surface area contributed by atoms with E-state index in [1.165, 1.54) is 6.11 Å². The molecule has 2 aliphatic heterocycles. The highest BCUT2D eigenvalue weighted by Crippen LogP contribution is 2.27. The topological polar surface area (TPSA) is 169 Å². The molecule has 10 atom stereocenters. The third kappa shape index (κ3) is 4.76. The van der Waals surface area contributed by atoms with Gasteiger partial charge in [-0.2, -0.15) is 0 Å². The molecule has 0 spiro atoms. The molecule has 0 saturated carbocycles. The Balaban J connectivity index is 0.00000205. The maximum Gasteiger partial charge on any atom is 0.189 e. The number of hydrogen-bond acceptors (Lipinski definition) is 10. The molecule has 0 amide bonds. The fourth-order valence-electron chi connectivity index (χ4n) is 1.34. The summed E-state index contributed by atoms with van der Waals surface area (Å²) in [5.74, 6) is 0. The smallest absolute Gasteiger partial charge is 0.189 e. The van der Waals surface area contributed by atoms with Crippen LogP contribution in [0.5, 0.6) is 0 Å². The average molecular weight is 364 g/mol. The molecule has 0 bridgehead atoms. The summed E-state index contributed by atoms with van der Waals surface area (Å²) >= 11 is 0. The Labute approximate surface area is 155 Å². The van der Waals surface area contributed by atoms with Crippen LogP contribution >= 0.6 is 0 Å². The number of aliphatic hydroxyl groups excluding tert-OH is 1. The first-order valence-corrected chi connectivity index (χ1v) is 5.90. The van der Waals surface area contributed by atoms with Gasteiger partial charge in [0, 0.05) is 2.74 Å². The van der Waals surface area contributed by atoms with Crippen molar-refractivity contribution in [1.29, 1.82) is 0 Å². The lowest BCUT2D eigenvalue weighted by molar-refractivity contribution is -0.363. The third-order valence-corrected chi connectivity index (χ3v) is 2.40. The maximum atomic E-state index is 10.4. The zero-order valence-electron chi connectivity index (χ0n) is 24.0. The molecule has 2 fully saturated rings. The van der Waals surface area contributed by atoms with E-state index in [0.717, 1.165) is 0 Å². The Bertz CT molecular complexity index is 902. The highest BCUT2D eigenvalue weighted by Gasteiger charge is 2.47. The van der Waals surface area contributed by atoms with Gasteiger partial charge in [-0.25, -0.2) is 0 Å². The van der Waals surface area contributed by atoms with Crippen molar-refractivity contribution in [3.05, 3.63) is 0 Å². The molecule has 0 aromatic heterocycles. The van der Waals surface area contributed by atoms with E-state index >= 15 is 0 Å². The molecule has 2 saturated heterocycles. The molecule has 140 valence electrons. The van der Waals surface area contributed by atoms with E-state index in [-0.39, 0.29) is 0 Å². The van der Waals surface area contributed by atoms with Gasteiger partial charge in [0.25, 0.3) is 0 Å². The van der Waals surface area contributed by atoms with Crippen LogP contribution in [0.2, 0.25) is 0 Å². The molecule has 2 aliphatic rings. The molecular formula is C14H24O10. The van der Waals surface area contributed by atoms with Crippen LogP contribution in [-0.2, 0) is 14.2 Å². The number of hydrogen-bond donors (Lipinski definition) is 7.